The summed E-state index contributed by atoms with van der Waals surface area (Å²) >= 11 is 1.33. The zero-order valence-electron chi connectivity index (χ0n) is 17.9. The van der Waals surface area contributed by atoms with Gasteiger partial charge in [0.25, 0.3) is 0 Å². The molecule has 7 nitrogen and oxygen atoms in total. The lowest BCUT2D eigenvalue weighted by Gasteiger charge is -2.11. The van der Waals surface area contributed by atoms with Crippen LogP contribution in [0.3, 0.4) is 0 Å². The van der Waals surface area contributed by atoms with E-state index in [4.69, 9.17) is 4.74 Å². The number of para-hydroxylation sites is 2. The minimum Gasteiger partial charge on any atom is -0.497 e. The van der Waals surface area contributed by atoms with E-state index in [0.29, 0.717) is 11.0 Å². The molecule has 164 valence electrons. The summed E-state index contributed by atoms with van der Waals surface area (Å²) in [6.45, 7) is 0. The first-order chi connectivity index (χ1) is 16.2. The highest BCUT2D eigenvalue weighted by molar-refractivity contribution is 7.99. The second-order valence-corrected chi connectivity index (χ2v) is 8.24. The molecule has 8 heteroatoms. The number of methoxy groups -OCH3 is 1. The lowest BCUT2D eigenvalue weighted by Crippen LogP contribution is -2.14. The number of nitrogens with one attached hydrogen (secondary N) is 2. The van der Waals surface area contributed by atoms with E-state index in [-0.39, 0.29) is 11.7 Å². The van der Waals surface area contributed by atoms with Crippen LogP contribution in [0.15, 0.2) is 90.2 Å². The number of hydrogen-bond donors (Lipinski definition) is 2. The standard InChI is InChI=1S/C25H21N5O2S/c1-32-19-11-7-10-18(14-19)30-24(21-15-26-22-13-6-5-12-20(21)22)28-29-25(30)33-16-23(31)27-17-8-3-2-4-9-17/h2-15,26H,16H2,1H3,(H,27,31). The first kappa shape index (κ1) is 20.8. The van der Waals surface area contributed by atoms with Gasteiger partial charge in [-0.25, -0.2) is 0 Å². The molecule has 0 fully saturated rings. The summed E-state index contributed by atoms with van der Waals surface area (Å²) in [7, 11) is 1.63. The van der Waals surface area contributed by atoms with Gasteiger partial charge in [-0.05, 0) is 30.3 Å². The van der Waals surface area contributed by atoms with Crippen LogP contribution >= 0.6 is 11.8 Å². The van der Waals surface area contributed by atoms with Gasteiger partial charge in [-0.15, -0.1) is 10.2 Å². The second kappa shape index (κ2) is 9.22. The Bertz CT molecular complexity index is 1410. The fourth-order valence-corrected chi connectivity index (χ4v) is 4.38. The predicted octanol–water partition coefficient (Wildman–Crippen LogP) is 5.16. The number of rotatable bonds is 7. The zero-order chi connectivity index (χ0) is 22.6. The van der Waals surface area contributed by atoms with Crippen LogP contribution in [-0.4, -0.2) is 38.5 Å². The highest BCUT2D eigenvalue weighted by Gasteiger charge is 2.20. The molecular weight excluding hydrogens is 434 g/mol. The molecule has 0 radical (unpaired) electrons. The molecule has 0 aliphatic carbocycles. The first-order valence-electron chi connectivity index (χ1n) is 10.4. The molecule has 33 heavy (non-hydrogen) atoms. The van der Waals surface area contributed by atoms with Gasteiger partial charge in [-0.2, -0.15) is 0 Å². The van der Waals surface area contributed by atoms with Gasteiger partial charge >= 0.3 is 0 Å². The van der Waals surface area contributed by atoms with Crippen molar-refractivity contribution in [1.82, 2.24) is 19.7 Å². The summed E-state index contributed by atoms with van der Waals surface area (Å²) < 4.78 is 7.38. The first-order valence-corrected chi connectivity index (χ1v) is 11.4. The molecule has 0 saturated heterocycles. The van der Waals surface area contributed by atoms with Crippen molar-refractivity contribution in [2.75, 3.05) is 18.2 Å². The lowest BCUT2D eigenvalue weighted by molar-refractivity contribution is -0.113. The third kappa shape index (κ3) is 4.33. The van der Waals surface area contributed by atoms with Crippen molar-refractivity contribution in [2.24, 2.45) is 0 Å². The lowest BCUT2D eigenvalue weighted by atomic mass is 10.1. The van der Waals surface area contributed by atoms with Crippen molar-refractivity contribution in [3.05, 3.63) is 85.1 Å². The van der Waals surface area contributed by atoms with Gasteiger partial charge < -0.3 is 15.0 Å². The Balaban J connectivity index is 1.51. The van der Waals surface area contributed by atoms with Crippen LogP contribution in [0.1, 0.15) is 0 Å². The number of H-pyrrole nitrogens is 1. The van der Waals surface area contributed by atoms with E-state index in [1.54, 1.807) is 7.11 Å². The molecule has 0 aliphatic rings. The fraction of sp³-hybridized carbons (Fsp3) is 0.0800. The quantitative estimate of drug-likeness (QED) is 0.331. The summed E-state index contributed by atoms with van der Waals surface area (Å²) in [5.74, 6) is 1.50. The van der Waals surface area contributed by atoms with Crippen molar-refractivity contribution in [1.29, 1.82) is 0 Å². The monoisotopic (exact) mass is 455 g/mol. The SMILES string of the molecule is COc1cccc(-n2c(SCC(=O)Nc3ccccc3)nnc2-c2c[nH]c3ccccc23)c1. The normalized spacial score (nSPS) is 10.9. The van der Waals surface area contributed by atoms with Gasteiger partial charge in [0, 0.05) is 34.4 Å². The van der Waals surface area contributed by atoms with Gasteiger partial charge in [-0.3, -0.25) is 9.36 Å². The molecular formula is C25H21N5O2S. The average Bonchev–Trinajstić information content (AvgIpc) is 3.47. The number of thioether (sulfide) groups is 1. The fourth-order valence-electron chi connectivity index (χ4n) is 3.63. The molecule has 2 N–H and O–H groups in total. The third-order valence-corrected chi connectivity index (χ3v) is 6.09. The van der Waals surface area contributed by atoms with E-state index >= 15 is 0 Å². The number of aromatic nitrogens is 4. The molecule has 0 saturated carbocycles. The van der Waals surface area contributed by atoms with Crippen LogP contribution in [0.4, 0.5) is 5.69 Å². The van der Waals surface area contributed by atoms with Crippen LogP contribution in [0, 0.1) is 0 Å². The van der Waals surface area contributed by atoms with E-state index in [1.165, 1.54) is 11.8 Å². The maximum Gasteiger partial charge on any atom is 0.234 e. The Morgan fingerprint density at radius 1 is 1.03 bits per heavy atom. The van der Waals surface area contributed by atoms with Crippen LogP contribution in [0.2, 0.25) is 0 Å². The molecule has 5 rings (SSSR count). The average molecular weight is 456 g/mol. The van der Waals surface area contributed by atoms with E-state index in [9.17, 15) is 4.79 Å². The van der Waals surface area contributed by atoms with E-state index in [2.05, 4.69) is 20.5 Å². The van der Waals surface area contributed by atoms with Gasteiger partial charge in [0.2, 0.25) is 5.91 Å². The van der Waals surface area contributed by atoms with Gasteiger partial charge in [0.1, 0.15) is 5.75 Å². The van der Waals surface area contributed by atoms with Gasteiger partial charge in [0.05, 0.1) is 18.6 Å². The van der Waals surface area contributed by atoms with Crippen LogP contribution < -0.4 is 10.1 Å². The Kier molecular flexibility index (Phi) is 5.82. The minimum absolute atomic E-state index is 0.111. The van der Waals surface area contributed by atoms with Crippen molar-refractivity contribution in [3.63, 3.8) is 0 Å². The smallest absolute Gasteiger partial charge is 0.234 e. The Labute approximate surface area is 194 Å². The summed E-state index contributed by atoms with van der Waals surface area (Å²) in [5.41, 5.74) is 3.56. The molecule has 0 aliphatic heterocycles. The minimum atomic E-state index is -0.111. The van der Waals surface area contributed by atoms with Gasteiger partial charge in [-0.1, -0.05) is 54.2 Å². The molecule has 0 bridgehead atoms. The summed E-state index contributed by atoms with van der Waals surface area (Å²) in [6.07, 6.45) is 1.93. The molecule has 2 heterocycles. The molecule has 0 atom stereocenters. The topological polar surface area (TPSA) is 84.8 Å². The summed E-state index contributed by atoms with van der Waals surface area (Å²) in [5, 5.41) is 13.5. The van der Waals surface area contributed by atoms with Crippen molar-refractivity contribution in [3.8, 4) is 22.8 Å². The number of ether oxygens (including phenoxy) is 1. The number of fused-ring (bicyclic) bond motifs is 1. The van der Waals surface area contributed by atoms with Crippen molar-refractivity contribution >= 4 is 34.3 Å². The molecule has 1 amide bonds. The van der Waals surface area contributed by atoms with E-state index < -0.39 is 0 Å². The maximum absolute atomic E-state index is 12.5. The van der Waals surface area contributed by atoms with E-state index in [0.717, 1.165) is 33.6 Å². The second-order valence-electron chi connectivity index (χ2n) is 7.29. The largest absolute Gasteiger partial charge is 0.497 e. The number of hydrogen-bond acceptors (Lipinski definition) is 5. The van der Waals surface area contributed by atoms with Crippen molar-refractivity contribution in [2.45, 2.75) is 5.16 Å². The Hall–Kier alpha value is -4.04. The predicted molar refractivity (Wildman–Crippen MR) is 131 cm³/mol. The molecule has 0 unspecified atom stereocenters. The number of amides is 1. The van der Waals surface area contributed by atoms with Crippen LogP contribution in [0.25, 0.3) is 28.0 Å². The summed E-state index contributed by atoms with van der Waals surface area (Å²) in [6, 6.07) is 25.2. The number of aromatic amines is 1. The molecule has 2 aromatic heterocycles. The summed E-state index contributed by atoms with van der Waals surface area (Å²) in [4.78, 5) is 15.8. The highest BCUT2D eigenvalue weighted by atomic mass is 32.2. The van der Waals surface area contributed by atoms with Crippen molar-refractivity contribution < 1.29 is 9.53 Å². The molecule has 5 aromatic rings. The number of anilines is 1. The Morgan fingerprint density at radius 3 is 2.70 bits per heavy atom. The highest BCUT2D eigenvalue weighted by Crippen LogP contribution is 2.33. The molecule has 0 spiro atoms. The van der Waals surface area contributed by atoms with E-state index in [1.807, 2.05) is 89.6 Å². The van der Waals surface area contributed by atoms with Crippen LogP contribution in [0.5, 0.6) is 5.75 Å². The van der Waals surface area contributed by atoms with Crippen LogP contribution in [-0.2, 0) is 4.79 Å². The number of benzene rings is 3. The number of carbonyl (C=O) groups excluding carboxylic acids is 1. The Morgan fingerprint density at radius 2 is 1.85 bits per heavy atom. The third-order valence-electron chi connectivity index (χ3n) is 5.16. The maximum atomic E-state index is 12.5. The molecule has 3 aromatic carbocycles. The number of nitrogens with zero attached hydrogens (tertiary/aromatic N) is 3. The van der Waals surface area contributed by atoms with Gasteiger partial charge in [0.15, 0.2) is 11.0 Å². The number of carbonyl (C=O) groups is 1. The zero-order valence-corrected chi connectivity index (χ0v) is 18.7.